The molecule has 1 aliphatic heterocycles. The molecule has 0 aromatic heterocycles. The molecule has 0 aromatic rings. The van der Waals surface area contributed by atoms with Gasteiger partial charge in [0.25, 0.3) is 0 Å². The third-order valence-electron chi connectivity index (χ3n) is 3.00. The lowest BCUT2D eigenvalue weighted by molar-refractivity contribution is -0.130. The van der Waals surface area contributed by atoms with Crippen LogP contribution in [0, 0.1) is 17.2 Å². The number of hydrogen-bond donors (Lipinski definition) is 0. The van der Waals surface area contributed by atoms with Crippen molar-refractivity contribution >= 4 is 5.91 Å². The standard InChI is InChI=1S/C11H18N2O/c1-2-10-4-5-11(14)13(9-6-10)8-3-7-12/h10H,2-6,8-9H2,1H3. The summed E-state index contributed by atoms with van der Waals surface area (Å²) in [6, 6.07) is 2.09. The van der Waals surface area contributed by atoms with Gasteiger partial charge in [0.2, 0.25) is 5.91 Å². The van der Waals surface area contributed by atoms with Crippen molar-refractivity contribution in [3.05, 3.63) is 0 Å². The summed E-state index contributed by atoms with van der Waals surface area (Å²) in [6.07, 6.45) is 4.43. The predicted octanol–water partition coefficient (Wildman–Crippen LogP) is 1.94. The topological polar surface area (TPSA) is 44.1 Å². The number of nitrogens with zero attached hydrogens (tertiary/aromatic N) is 2. The summed E-state index contributed by atoms with van der Waals surface area (Å²) in [5, 5.41) is 8.46. The molecule has 3 nitrogen and oxygen atoms in total. The van der Waals surface area contributed by atoms with Gasteiger partial charge in [-0.15, -0.1) is 0 Å². The fraction of sp³-hybridized carbons (Fsp3) is 0.818. The number of amides is 1. The number of likely N-dealkylation sites (tertiary alicyclic amines) is 1. The zero-order valence-corrected chi connectivity index (χ0v) is 8.83. The van der Waals surface area contributed by atoms with Crippen LogP contribution in [0.4, 0.5) is 0 Å². The molecular weight excluding hydrogens is 176 g/mol. The van der Waals surface area contributed by atoms with Crippen molar-refractivity contribution in [2.24, 2.45) is 5.92 Å². The fourth-order valence-electron chi connectivity index (χ4n) is 1.92. The number of nitriles is 1. The minimum Gasteiger partial charge on any atom is -0.342 e. The predicted molar refractivity (Wildman–Crippen MR) is 54.4 cm³/mol. The molecule has 0 aliphatic carbocycles. The highest BCUT2D eigenvalue weighted by Gasteiger charge is 2.20. The summed E-state index contributed by atoms with van der Waals surface area (Å²) in [6.45, 7) is 3.64. The molecule has 1 rings (SSSR count). The quantitative estimate of drug-likeness (QED) is 0.689. The van der Waals surface area contributed by atoms with Gasteiger partial charge < -0.3 is 4.90 Å². The molecule has 1 saturated heterocycles. The maximum atomic E-state index is 11.6. The lowest BCUT2D eigenvalue weighted by atomic mass is 9.98. The maximum absolute atomic E-state index is 11.6. The van der Waals surface area contributed by atoms with E-state index in [1.165, 1.54) is 6.42 Å². The summed E-state index contributed by atoms with van der Waals surface area (Å²) in [5.74, 6) is 0.933. The summed E-state index contributed by atoms with van der Waals surface area (Å²) >= 11 is 0. The van der Waals surface area contributed by atoms with E-state index >= 15 is 0 Å². The molecule has 0 radical (unpaired) electrons. The van der Waals surface area contributed by atoms with Crippen molar-refractivity contribution in [2.75, 3.05) is 13.1 Å². The third-order valence-corrected chi connectivity index (χ3v) is 3.00. The molecule has 1 heterocycles. The van der Waals surface area contributed by atoms with Crippen molar-refractivity contribution in [2.45, 2.75) is 39.0 Å². The van der Waals surface area contributed by atoms with Gasteiger partial charge in [0.1, 0.15) is 0 Å². The Balaban J connectivity index is 2.44. The first-order valence-electron chi connectivity index (χ1n) is 5.42. The van der Waals surface area contributed by atoms with Gasteiger partial charge in [-0.1, -0.05) is 13.3 Å². The molecule has 3 heteroatoms. The van der Waals surface area contributed by atoms with Gasteiger partial charge in [-0.05, 0) is 18.8 Å². The molecule has 0 bridgehead atoms. The second kappa shape index (κ2) is 5.64. The van der Waals surface area contributed by atoms with E-state index in [0.717, 1.165) is 19.4 Å². The average molecular weight is 194 g/mol. The molecule has 1 atom stereocenters. The molecule has 1 aliphatic rings. The van der Waals surface area contributed by atoms with Gasteiger partial charge in [-0.25, -0.2) is 0 Å². The van der Waals surface area contributed by atoms with Crippen molar-refractivity contribution in [3.8, 4) is 6.07 Å². The Labute approximate surface area is 85.7 Å². The van der Waals surface area contributed by atoms with E-state index in [0.29, 0.717) is 25.3 Å². The summed E-state index contributed by atoms with van der Waals surface area (Å²) in [5.41, 5.74) is 0. The van der Waals surface area contributed by atoms with E-state index in [9.17, 15) is 4.79 Å². The molecule has 0 spiro atoms. The molecule has 0 saturated carbocycles. The highest BCUT2D eigenvalue weighted by Crippen LogP contribution is 2.20. The van der Waals surface area contributed by atoms with Crippen LogP contribution in [-0.2, 0) is 4.79 Å². The van der Waals surface area contributed by atoms with Crippen LogP contribution in [-0.4, -0.2) is 23.9 Å². The van der Waals surface area contributed by atoms with Crippen LogP contribution in [0.25, 0.3) is 0 Å². The second-order valence-corrected chi connectivity index (χ2v) is 3.89. The highest BCUT2D eigenvalue weighted by molar-refractivity contribution is 5.76. The highest BCUT2D eigenvalue weighted by atomic mass is 16.2. The first-order valence-corrected chi connectivity index (χ1v) is 5.42. The van der Waals surface area contributed by atoms with E-state index in [2.05, 4.69) is 13.0 Å². The minimum atomic E-state index is 0.233. The van der Waals surface area contributed by atoms with Crippen molar-refractivity contribution in [1.29, 1.82) is 5.26 Å². The smallest absolute Gasteiger partial charge is 0.222 e. The van der Waals surface area contributed by atoms with E-state index in [1.54, 1.807) is 0 Å². The van der Waals surface area contributed by atoms with Crippen LogP contribution >= 0.6 is 0 Å². The molecule has 0 aromatic carbocycles. The first-order chi connectivity index (χ1) is 6.77. The largest absolute Gasteiger partial charge is 0.342 e. The molecule has 0 N–H and O–H groups in total. The Morgan fingerprint density at radius 3 is 3.00 bits per heavy atom. The van der Waals surface area contributed by atoms with Crippen LogP contribution < -0.4 is 0 Å². The Bertz CT molecular complexity index is 232. The number of carbonyl (C=O) groups excluding carboxylic acids is 1. The fourth-order valence-corrected chi connectivity index (χ4v) is 1.92. The molecule has 14 heavy (non-hydrogen) atoms. The minimum absolute atomic E-state index is 0.233. The summed E-state index contributed by atoms with van der Waals surface area (Å²) < 4.78 is 0. The van der Waals surface area contributed by atoms with Gasteiger partial charge in [0.15, 0.2) is 0 Å². The van der Waals surface area contributed by atoms with Crippen LogP contribution in [0.15, 0.2) is 0 Å². The van der Waals surface area contributed by atoms with Crippen LogP contribution in [0.2, 0.25) is 0 Å². The van der Waals surface area contributed by atoms with Crippen molar-refractivity contribution in [1.82, 2.24) is 4.90 Å². The van der Waals surface area contributed by atoms with Crippen LogP contribution in [0.5, 0.6) is 0 Å². The molecule has 78 valence electrons. The van der Waals surface area contributed by atoms with Gasteiger partial charge in [-0.2, -0.15) is 5.26 Å². The number of hydrogen-bond acceptors (Lipinski definition) is 2. The van der Waals surface area contributed by atoms with E-state index < -0.39 is 0 Å². The average Bonchev–Trinajstić information content (AvgIpc) is 2.38. The Morgan fingerprint density at radius 1 is 1.57 bits per heavy atom. The van der Waals surface area contributed by atoms with Gasteiger partial charge in [0, 0.05) is 19.5 Å². The van der Waals surface area contributed by atoms with Gasteiger partial charge in [0.05, 0.1) is 12.5 Å². The summed E-state index contributed by atoms with van der Waals surface area (Å²) in [4.78, 5) is 13.4. The van der Waals surface area contributed by atoms with Crippen molar-refractivity contribution < 1.29 is 4.79 Å². The SMILES string of the molecule is CCC1CCC(=O)N(CCC#N)CC1. The van der Waals surface area contributed by atoms with Gasteiger partial charge >= 0.3 is 0 Å². The Kier molecular flexibility index (Phi) is 4.45. The lowest BCUT2D eigenvalue weighted by Gasteiger charge is -2.18. The molecule has 1 unspecified atom stereocenters. The van der Waals surface area contributed by atoms with Gasteiger partial charge in [-0.3, -0.25) is 4.79 Å². The van der Waals surface area contributed by atoms with E-state index in [4.69, 9.17) is 5.26 Å². The normalized spacial score (nSPS) is 23.0. The summed E-state index contributed by atoms with van der Waals surface area (Å²) in [7, 11) is 0. The van der Waals surface area contributed by atoms with E-state index in [-0.39, 0.29) is 5.91 Å². The monoisotopic (exact) mass is 194 g/mol. The molecular formula is C11H18N2O. The maximum Gasteiger partial charge on any atom is 0.222 e. The zero-order chi connectivity index (χ0) is 10.4. The van der Waals surface area contributed by atoms with Crippen LogP contribution in [0.3, 0.4) is 0 Å². The lowest BCUT2D eigenvalue weighted by Crippen LogP contribution is -2.31. The van der Waals surface area contributed by atoms with E-state index in [1.807, 2.05) is 4.90 Å². The zero-order valence-electron chi connectivity index (χ0n) is 8.83. The Hall–Kier alpha value is -1.04. The molecule has 1 amide bonds. The number of rotatable bonds is 3. The first kappa shape index (κ1) is 11.0. The second-order valence-electron chi connectivity index (χ2n) is 3.89. The van der Waals surface area contributed by atoms with Crippen LogP contribution in [0.1, 0.15) is 39.0 Å². The molecule has 1 fully saturated rings. The van der Waals surface area contributed by atoms with Crippen molar-refractivity contribution in [3.63, 3.8) is 0 Å². The third kappa shape index (κ3) is 3.02. The number of carbonyl (C=O) groups is 1. The Morgan fingerprint density at radius 2 is 2.36 bits per heavy atom.